The molecule has 0 aliphatic heterocycles. The fourth-order valence-electron chi connectivity index (χ4n) is 1.37. The Hall–Kier alpha value is -1.27. The van der Waals surface area contributed by atoms with Gasteiger partial charge in [-0.2, -0.15) is 0 Å². The Kier molecular flexibility index (Phi) is 4.24. The monoisotopic (exact) mass is 272 g/mol. The molecule has 0 atom stereocenters. The quantitative estimate of drug-likeness (QED) is 0.816. The molecule has 1 aromatic carbocycles. The summed E-state index contributed by atoms with van der Waals surface area (Å²) in [5, 5.41) is 5.06. The van der Waals surface area contributed by atoms with Crippen molar-refractivity contribution in [3.05, 3.63) is 18.2 Å². The highest BCUT2D eigenvalue weighted by atomic mass is 32.2. The molecule has 0 fully saturated rings. The predicted octanol–water partition coefficient (Wildman–Crippen LogP) is 1.73. The molecule has 5 nitrogen and oxygen atoms in total. The first-order valence-corrected chi connectivity index (χ1v) is 7.20. The third kappa shape index (κ3) is 4.19. The highest BCUT2D eigenvalue weighted by Crippen LogP contribution is 2.28. The molecule has 0 spiro atoms. The summed E-state index contributed by atoms with van der Waals surface area (Å²) in [6.07, 6.45) is 0.839. The van der Waals surface area contributed by atoms with E-state index in [0.29, 0.717) is 12.4 Å². The van der Waals surface area contributed by atoms with Crippen molar-refractivity contribution >= 4 is 15.7 Å². The van der Waals surface area contributed by atoms with E-state index in [4.69, 9.17) is 15.6 Å². The van der Waals surface area contributed by atoms with Crippen LogP contribution in [0.25, 0.3) is 0 Å². The number of nitrogen functional groups attached to an aromatic ring is 1. The fourth-order valence-corrected chi connectivity index (χ4v) is 2.04. The SMILES string of the molecule is CC(C)(C)CCOc1cccc(S(N)(=O)=O)c1N. The molecule has 0 bridgehead atoms. The van der Waals surface area contributed by atoms with Crippen molar-refractivity contribution in [1.29, 1.82) is 0 Å². The van der Waals surface area contributed by atoms with E-state index in [1.807, 2.05) is 0 Å². The van der Waals surface area contributed by atoms with Gasteiger partial charge in [0.1, 0.15) is 10.6 Å². The van der Waals surface area contributed by atoms with E-state index >= 15 is 0 Å². The van der Waals surface area contributed by atoms with Gasteiger partial charge in [0, 0.05) is 0 Å². The minimum absolute atomic E-state index is 0.0638. The zero-order valence-corrected chi connectivity index (χ0v) is 11.8. The maximum absolute atomic E-state index is 11.3. The van der Waals surface area contributed by atoms with E-state index in [0.717, 1.165) is 6.42 Å². The van der Waals surface area contributed by atoms with E-state index in [1.54, 1.807) is 12.1 Å². The molecular formula is C12H20N2O3S. The Morgan fingerprint density at radius 2 is 1.89 bits per heavy atom. The second-order valence-electron chi connectivity index (χ2n) is 5.37. The van der Waals surface area contributed by atoms with Crippen molar-refractivity contribution in [1.82, 2.24) is 0 Å². The van der Waals surface area contributed by atoms with Crippen molar-refractivity contribution in [3.63, 3.8) is 0 Å². The highest BCUT2D eigenvalue weighted by molar-refractivity contribution is 7.89. The third-order valence-corrected chi connectivity index (χ3v) is 3.41. The predicted molar refractivity (Wildman–Crippen MR) is 71.8 cm³/mol. The van der Waals surface area contributed by atoms with Crippen LogP contribution in [0, 0.1) is 5.41 Å². The number of sulfonamides is 1. The zero-order valence-electron chi connectivity index (χ0n) is 10.9. The molecule has 102 valence electrons. The number of hydrogen-bond donors (Lipinski definition) is 2. The fraction of sp³-hybridized carbons (Fsp3) is 0.500. The van der Waals surface area contributed by atoms with E-state index in [1.165, 1.54) is 6.07 Å². The standard InChI is InChI=1S/C12H20N2O3S/c1-12(2,3)7-8-17-9-5-4-6-10(11(9)13)18(14,15)16/h4-6H,7-8,13H2,1-3H3,(H2,14,15,16). The Morgan fingerprint density at radius 3 is 2.39 bits per heavy atom. The van der Waals surface area contributed by atoms with E-state index in [-0.39, 0.29) is 16.0 Å². The lowest BCUT2D eigenvalue weighted by molar-refractivity contribution is 0.243. The summed E-state index contributed by atoms with van der Waals surface area (Å²) in [5.41, 5.74) is 5.94. The summed E-state index contributed by atoms with van der Waals surface area (Å²) >= 11 is 0. The van der Waals surface area contributed by atoms with E-state index in [9.17, 15) is 8.42 Å². The van der Waals surface area contributed by atoms with Crippen LogP contribution in [0.1, 0.15) is 27.2 Å². The first-order valence-electron chi connectivity index (χ1n) is 5.65. The van der Waals surface area contributed by atoms with Gasteiger partial charge in [-0.3, -0.25) is 0 Å². The summed E-state index contributed by atoms with van der Waals surface area (Å²) in [4.78, 5) is -0.101. The summed E-state index contributed by atoms with van der Waals surface area (Å²) in [6, 6.07) is 4.55. The summed E-state index contributed by atoms with van der Waals surface area (Å²) in [7, 11) is -3.81. The molecule has 0 amide bonds. The lowest BCUT2D eigenvalue weighted by atomic mass is 9.93. The van der Waals surface area contributed by atoms with Gasteiger partial charge >= 0.3 is 0 Å². The summed E-state index contributed by atoms with van der Waals surface area (Å²) in [5.74, 6) is 0.353. The number of rotatable bonds is 4. The minimum Gasteiger partial charge on any atom is -0.491 e. The Labute approximate surface area is 108 Å². The first kappa shape index (κ1) is 14.8. The van der Waals surface area contributed by atoms with Crippen LogP contribution in [0.3, 0.4) is 0 Å². The van der Waals surface area contributed by atoms with Crippen LogP contribution in [0.2, 0.25) is 0 Å². The van der Waals surface area contributed by atoms with Gasteiger partial charge in [0.15, 0.2) is 0 Å². The largest absolute Gasteiger partial charge is 0.491 e. The lowest BCUT2D eigenvalue weighted by Gasteiger charge is -2.19. The lowest BCUT2D eigenvalue weighted by Crippen LogP contribution is -2.16. The molecule has 18 heavy (non-hydrogen) atoms. The van der Waals surface area contributed by atoms with Crippen molar-refractivity contribution in [2.45, 2.75) is 32.1 Å². The molecule has 1 aromatic rings. The van der Waals surface area contributed by atoms with Crippen LogP contribution in [0.4, 0.5) is 5.69 Å². The third-order valence-electron chi connectivity index (χ3n) is 2.44. The molecule has 1 rings (SSSR count). The number of nitrogens with two attached hydrogens (primary N) is 2. The zero-order chi connectivity index (χ0) is 14.0. The van der Waals surface area contributed by atoms with Crippen molar-refractivity contribution in [3.8, 4) is 5.75 Å². The van der Waals surface area contributed by atoms with Gasteiger partial charge in [0.05, 0.1) is 12.3 Å². The van der Waals surface area contributed by atoms with E-state index < -0.39 is 10.0 Å². The van der Waals surface area contributed by atoms with Crippen LogP contribution >= 0.6 is 0 Å². The molecule has 0 aliphatic carbocycles. The molecule has 0 saturated heterocycles. The van der Waals surface area contributed by atoms with Crippen LogP contribution in [-0.4, -0.2) is 15.0 Å². The van der Waals surface area contributed by atoms with Crippen LogP contribution in [0.15, 0.2) is 23.1 Å². The maximum Gasteiger partial charge on any atom is 0.240 e. The average molecular weight is 272 g/mol. The number of primary sulfonamides is 1. The normalized spacial score (nSPS) is 12.4. The molecule has 4 N–H and O–H groups in total. The molecule has 6 heteroatoms. The second kappa shape index (κ2) is 5.16. The smallest absolute Gasteiger partial charge is 0.240 e. The van der Waals surface area contributed by atoms with Crippen LogP contribution in [-0.2, 0) is 10.0 Å². The number of anilines is 1. The highest BCUT2D eigenvalue weighted by Gasteiger charge is 2.16. The summed E-state index contributed by atoms with van der Waals surface area (Å²) in [6.45, 7) is 6.77. The Morgan fingerprint density at radius 1 is 1.28 bits per heavy atom. The molecule has 0 aliphatic rings. The molecule has 0 unspecified atom stereocenters. The van der Waals surface area contributed by atoms with Gasteiger partial charge in [0.2, 0.25) is 10.0 Å². The van der Waals surface area contributed by atoms with Crippen LogP contribution in [0.5, 0.6) is 5.75 Å². The first-order chi connectivity index (χ1) is 8.11. The van der Waals surface area contributed by atoms with Gasteiger partial charge in [-0.1, -0.05) is 26.8 Å². The average Bonchev–Trinajstić information content (AvgIpc) is 2.17. The van der Waals surface area contributed by atoms with Crippen molar-refractivity contribution in [2.24, 2.45) is 10.6 Å². The molecule has 0 radical (unpaired) electrons. The number of para-hydroxylation sites is 1. The molecule has 0 aromatic heterocycles. The van der Waals surface area contributed by atoms with Gasteiger partial charge < -0.3 is 10.5 Å². The van der Waals surface area contributed by atoms with Crippen molar-refractivity contribution < 1.29 is 13.2 Å². The van der Waals surface area contributed by atoms with Gasteiger partial charge in [-0.15, -0.1) is 0 Å². The summed E-state index contributed by atoms with van der Waals surface area (Å²) < 4.78 is 28.1. The van der Waals surface area contributed by atoms with Gasteiger partial charge in [-0.05, 0) is 24.0 Å². The second-order valence-corrected chi connectivity index (χ2v) is 6.90. The number of benzene rings is 1. The maximum atomic E-state index is 11.3. The Bertz CT molecular complexity index is 519. The van der Waals surface area contributed by atoms with E-state index in [2.05, 4.69) is 20.8 Å². The topological polar surface area (TPSA) is 95.4 Å². The Balaban J connectivity index is 2.86. The van der Waals surface area contributed by atoms with Gasteiger partial charge in [0.25, 0.3) is 0 Å². The number of ether oxygens (including phenoxy) is 1. The molecular weight excluding hydrogens is 252 g/mol. The minimum atomic E-state index is -3.81. The van der Waals surface area contributed by atoms with Gasteiger partial charge in [-0.25, -0.2) is 13.6 Å². The number of hydrogen-bond acceptors (Lipinski definition) is 4. The molecule has 0 saturated carbocycles. The molecule has 0 heterocycles. The van der Waals surface area contributed by atoms with Crippen LogP contribution < -0.4 is 15.6 Å². The van der Waals surface area contributed by atoms with Crippen molar-refractivity contribution in [2.75, 3.05) is 12.3 Å².